The summed E-state index contributed by atoms with van der Waals surface area (Å²) in [5, 5.41) is 3.61. The number of carbonyl (C=O) groups excluding carboxylic acids is 1. The molecule has 2 aliphatic heterocycles. The van der Waals surface area contributed by atoms with Crippen molar-refractivity contribution in [2.24, 2.45) is 5.92 Å². The van der Waals surface area contributed by atoms with E-state index in [9.17, 15) is 4.79 Å². The van der Waals surface area contributed by atoms with Gasteiger partial charge in [0, 0.05) is 24.4 Å². The molecule has 23 heavy (non-hydrogen) atoms. The molecular weight excluding hydrogens is 282 g/mol. The lowest BCUT2D eigenvalue weighted by Crippen LogP contribution is -2.40. The number of hydrogen-bond donors (Lipinski definition) is 1. The Morgan fingerprint density at radius 3 is 2.13 bits per heavy atom. The molecule has 2 heterocycles. The first kappa shape index (κ1) is 14.6. The van der Waals surface area contributed by atoms with Crippen molar-refractivity contribution in [3.63, 3.8) is 0 Å². The highest BCUT2D eigenvalue weighted by atomic mass is 16.1. The van der Waals surface area contributed by atoms with Gasteiger partial charge >= 0.3 is 0 Å². The minimum absolute atomic E-state index is 0.266. The van der Waals surface area contributed by atoms with E-state index in [0.29, 0.717) is 24.3 Å². The zero-order valence-electron chi connectivity index (χ0n) is 13.4. The topological polar surface area (TPSA) is 29.1 Å². The summed E-state index contributed by atoms with van der Waals surface area (Å²) in [6, 6.07) is 20.0. The Kier molecular flexibility index (Phi) is 4.00. The van der Waals surface area contributed by atoms with Crippen molar-refractivity contribution in [1.82, 2.24) is 5.32 Å². The first-order valence-electron chi connectivity index (χ1n) is 8.71. The first-order chi connectivity index (χ1) is 11.3. The fraction of sp³-hybridized carbons (Fsp3) is 0.381. The van der Waals surface area contributed by atoms with E-state index in [-0.39, 0.29) is 5.92 Å². The Balaban J connectivity index is 1.42. The molecule has 0 saturated carbocycles. The van der Waals surface area contributed by atoms with Gasteiger partial charge in [0.1, 0.15) is 5.78 Å². The van der Waals surface area contributed by atoms with Gasteiger partial charge in [-0.05, 0) is 42.4 Å². The van der Waals surface area contributed by atoms with Crippen molar-refractivity contribution in [2.45, 2.75) is 44.2 Å². The van der Waals surface area contributed by atoms with Crippen molar-refractivity contribution in [2.75, 3.05) is 0 Å². The maximum Gasteiger partial charge on any atom is 0.140 e. The largest absolute Gasteiger partial charge is 0.311 e. The zero-order chi connectivity index (χ0) is 15.6. The lowest BCUT2D eigenvalue weighted by molar-refractivity contribution is -0.123. The summed E-state index contributed by atoms with van der Waals surface area (Å²) < 4.78 is 0. The van der Waals surface area contributed by atoms with Crippen LogP contribution in [0.3, 0.4) is 0 Å². The van der Waals surface area contributed by atoms with Gasteiger partial charge in [-0.15, -0.1) is 0 Å². The van der Waals surface area contributed by atoms with Crippen LogP contribution in [-0.4, -0.2) is 17.9 Å². The average Bonchev–Trinajstić information content (AvgIpc) is 2.94. The van der Waals surface area contributed by atoms with Crippen molar-refractivity contribution < 1.29 is 4.79 Å². The van der Waals surface area contributed by atoms with E-state index in [4.69, 9.17) is 0 Å². The fourth-order valence-corrected chi connectivity index (χ4v) is 4.11. The number of ketones is 1. The van der Waals surface area contributed by atoms with E-state index in [1.165, 1.54) is 24.0 Å². The Morgan fingerprint density at radius 1 is 0.870 bits per heavy atom. The number of fused-ring (bicyclic) bond motifs is 2. The van der Waals surface area contributed by atoms with Gasteiger partial charge in [-0.3, -0.25) is 4.79 Å². The third-order valence-corrected chi connectivity index (χ3v) is 5.37. The molecule has 2 bridgehead atoms. The lowest BCUT2D eigenvalue weighted by atomic mass is 9.86. The van der Waals surface area contributed by atoms with Gasteiger partial charge < -0.3 is 5.32 Å². The summed E-state index contributed by atoms with van der Waals surface area (Å²) in [6.07, 6.45) is 5.16. The zero-order valence-corrected chi connectivity index (χ0v) is 13.4. The van der Waals surface area contributed by atoms with Gasteiger partial charge in [0.25, 0.3) is 0 Å². The van der Waals surface area contributed by atoms with Gasteiger partial charge in [-0.1, -0.05) is 54.6 Å². The van der Waals surface area contributed by atoms with Gasteiger partial charge in [0.2, 0.25) is 0 Å². The lowest BCUT2D eigenvalue weighted by Gasteiger charge is -2.28. The van der Waals surface area contributed by atoms with Crippen LogP contribution in [0.25, 0.3) is 11.1 Å². The van der Waals surface area contributed by atoms with Crippen LogP contribution in [0.2, 0.25) is 0 Å². The molecule has 1 N–H and O–H groups in total. The number of Topliss-reactive ketones (excluding diaryl/α,β-unsaturated/α-hetero) is 1. The van der Waals surface area contributed by atoms with Crippen molar-refractivity contribution >= 4 is 5.78 Å². The van der Waals surface area contributed by atoms with Crippen LogP contribution in [0.1, 0.15) is 31.2 Å². The Hall–Kier alpha value is -1.93. The van der Waals surface area contributed by atoms with Crippen LogP contribution in [0.5, 0.6) is 0 Å². The standard InChI is InChI=1S/C21H23NO/c23-21(18-13-19-10-11-20(14-18)22-19)12-15-6-8-17(9-7-15)16-4-2-1-3-5-16/h1-9,18-20,22H,10-14H2. The molecule has 0 amide bonds. The second-order valence-electron chi connectivity index (χ2n) is 7.01. The number of rotatable bonds is 4. The minimum atomic E-state index is 0.266. The average molecular weight is 305 g/mol. The van der Waals surface area contributed by atoms with Crippen molar-refractivity contribution in [3.05, 3.63) is 60.2 Å². The van der Waals surface area contributed by atoms with Gasteiger partial charge in [-0.2, -0.15) is 0 Å². The maximum atomic E-state index is 12.6. The normalized spacial score (nSPS) is 26.2. The van der Waals surface area contributed by atoms with Gasteiger partial charge in [0.15, 0.2) is 0 Å². The third-order valence-electron chi connectivity index (χ3n) is 5.37. The molecule has 2 unspecified atom stereocenters. The molecule has 2 aromatic rings. The molecule has 0 aromatic heterocycles. The van der Waals surface area contributed by atoms with Crippen LogP contribution in [0.4, 0.5) is 0 Å². The molecule has 0 spiro atoms. The number of nitrogens with one attached hydrogen (secondary N) is 1. The van der Waals surface area contributed by atoms with Crippen molar-refractivity contribution in [3.8, 4) is 11.1 Å². The maximum absolute atomic E-state index is 12.6. The Morgan fingerprint density at radius 2 is 1.48 bits per heavy atom. The monoisotopic (exact) mass is 305 g/mol. The van der Waals surface area contributed by atoms with E-state index in [0.717, 1.165) is 18.4 Å². The molecule has 2 saturated heterocycles. The van der Waals surface area contributed by atoms with E-state index in [1.54, 1.807) is 0 Å². The number of piperidine rings is 1. The molecule has 2 nitrogen and oxygen atoms in total. The van der Waals surface area contributed by atoms with E-state index in [2.05, 4.69) is 53.8 Å². The Bertz CT molecular complexity index is 665. The predicted octanol–water partition coefficient (Wildman–Crippen LogP) is 4.00. The minimum Gasteiger partial charge on any atom is -0.311 e. The summed E-state index contributed by atoms with van der Waals surface area (Å²) in [5.41, 5.74) is 3.57. The van der Waals surface area contributed by atoms with Crippen LogP contribution < -0.4 is 5.32 Å². The summed E-state index contributed by atoms with van der Waals surface area (Å²) in [5.74, 6) is 0.693. The summed E-state index contributed by atoms with van der Waals surface area (Å²) in [4.78, 5) is 12.6. The molecule has 118 valence electrons. The molecule has 2 heteroatoms. The quantitative estimate of drug-likeness (QED) is 0.925. The number of hydrogen-bond acceptors (Lipinski definition) is 2. The summed E-state index contributed by atoms with van der Waals surface area (Å²) in [6.45, 7) is 0. The Labute approximate surface area is 137 Å². The van der Waals surface area contributed by atoms with Crippen molar-refractivity contribution in [1.29, 1.82) is 0 Å². The third kappa shape index (κ3) is 3.23. The number of carbonyl (C=O) groups is 1. The SMILES string of the molecule is O=C(Cc1ccc(-c2ccccc2)cc1)C1CC2CCC(C1)N2. The van der Waals surface area contributed by atoms with E-state index >= 15 is 0 Å². The molecule has 2 fully saturated rings. The molecule has 4 rings (SSSR count). The molecular formula is C21H23NO. The van der Waals surface area contributed by atoms with Crippen LogP contribution in [0, 0.1) is 5.92 Å². The van der Waals surface area contributed by atoms with E-state index < -0.39 is 0 Å². The van der Waals surface area contributed by atoms with Gasteiger partial charge in [-0.25, -0.2) is 0 Å². The highest BCUT2D eigenvalue weighted by Crippen LogP contribution is 2.32. The second kappa shape index (κ2) is 6.29. The van der Waals surface area contributed by atoms with Crippen LogP contribution in [0.15, 0.2) is 54.6 Å². The van der Waals surface area contributed by atoms with Crippen LogP contribution in [-0.2, 0) is 11.2 Å². The highest BCUT2D eigenvalue weighted by Gasteiger charge is 2.36. The summed E-state index contributed by atoms with van der Waals surface area (Å²) in [7, 11) is 0. The molecule has 2 aromatic carbocycles. The fourth-order valence-electron chi connectivity index (χ4n) is 4.11. The van der Waals surface area contributed by atoms with E-state index in [1.807, 2.05) is 6.07 Å². The number of benzene rings is 2. The first-order valence-corrected chi connectivity index (χ1v) is 8.71. The van der Waals surface area contributed by atoms with Crippen LogP contribution >= 0.6 is 0 Å². The molecule has 0 radical (unpaired) electrons. The highest BCUT2D eigenvalue weighted by molar-refractivity contribution is 5.83. The molecule has 2 aliphatic rings. The molecule has 2 atom stereocenters. The molecule has 0 aliphatic carbocycles. The second-order valence-corrected chi connectivity index (χ2v) is 7.01. The predicted molar refractivity (Wildman–Crippen MR) is 93.3 cm³/mol. The smallest absolute Gasteiger partial charge is 0.140 e. The van der Waals surface area contributed by atoms with Gasteiger partial charge in [0.05, 0.1) is 0 Å². The summed E-state index contributed by atoms with van der Waals surface area (Å²) >= 11 is 0.